The first-order valence-corrected chi connectivity index (χ1v) is 6.39. The molecule has 2 nitrogen and oxygen atoms in total. The standard InChI is InChI=1S/C15H16ClFN2/c1-19(2)14-7-5-13(6-8-14)18-10-11-3-4-12(16)9-15(11)17/h3-9,18H,10H2,1-2H3. The molecule has 0 aliphatic carbocycles. The van der Waals surface area contributed by atoms with Gasteiger partial charge in [0.2, 0.25) is 0 Å². The Bertz CT molecular complexity index is 553. The highest BCUT2D eigenvalue weighted by atomic mass is 35.5. The van der Waals surface area contributed by atoms with Crippen molar-refractivity contribution in [3.8, 4) is 0 Å². The molecule has 0 aliphatic heterocycles. The fourth-order valence-corrected chi connectivity index (χ4v) is 1.90. The van der Waals surface area contributed by atoms with Crippen LogP contribution in [-0.2, 0) is 6.54 Å². The summed E-state index contributed by atoms with van der Waals surface area (Å²) >= 11 is 5.72. The number of nitrogens with one attached hydrogen (secondary N) is 1. The molecule has 2 aromatic carbocycles. The summed E-state index contributed by atoms with van der Waals surface area (Å²) in [4.78, 5) is 2.03. The van der Waals surface area contributed by atoms with Crippen molar-refractivity contribution >= 4 is 23.0 Å². The Kier molecular flexibility index (Phi) is 4.27. The maximum atomic E-state index is 13.6. The minimum Gasteiger partial charge on any atom is -0.381 e. The van der Waals surface area contributed by atoms with E-state index in [0.717, 1.165) is 11.4 Å². The number of rotatable bonds is 4. The lowest BCUT2D eigenvalue weighted by atomic mass is 10.2. The highest BCUT2D eigenvalue weighted by Crippen LogP contribution is 2.18. The summed E-state index contributed by atoms with van der Waals surface area (Å²) in [5.74, 6) is -0.287. The van der Waals surface area contributed by atoms with Crippen molar-refractivity contribution in [1.82, 2.24) is 0 Å². The van der Waals surface area contributed by atoms with Crippen LogP contribution < -0.4 is 10.2 Å². The third-order valence-corrected chi connectivity index (χ3v) is 3.12. The van der Waals surface area contributed by atoms with E-state index >= 15 is 0 Å². The van der Waals surface area contributed by atoms with Gasteiger partial charge in [0.05, 0.1) is 0 Å². The summed E-state index contributed by atoms with van der Waals surface area (Å²) in [5, 5.41) is 3.60. The fourth-order valence-electron chi connectivity index (χ4n) is 1.74. The second-order valence-corrected chi connectivity index (χ2v) is 4.97. The molecule has 4 heteroatoms. The maximum absolute atomic E-state index is 13.6. The second-order valence-electron chi connectivity index (χ2n) is 4.53. The first-order valence-electron chi connectivity index (χ1n) is 6.01. The summed E-state index contributed by atoms with van der Waals surface area (Å²) in [6.07, 6.45) is 0. The van der Waals surface area contributed by atoms with Gasteiger partial charge < -0.3 is 10.2 Å². The van der Waals surface area contributed by atoms with Crippen LogP contribution in [0.2, 0.25) is 5.02 Å². The summed E-state index contributed by atoms with van der Waals surface area (Å²) in [6.45, 7) is 0.435. The van der Waals surface area contributed by atoms with E-state index in [0.29, 0.717) is 17.1 Å². The minimum absolute atomic E-state index is 0.287. The van der Waals surface area contributed by atoms with Crippen molar-refractivity contribution in [2.75, 3.05) is 24.3 Å². The predicted octanol–water partition coefficient (Wildman–Crippen LogP) is 4.16. The van der Waals surface area contributed by atoms with E-state index in [-0.39, 0.29) is 5.82 Å². The lowest BCUT2D eigenvalue weighted by Gasteiger charge is -2.13. The maximum Gasteiger partial charge on any atom is 0.129 e. The van der Waals surface area contributed by atoms with Crippen LogP contribution >= 0.6 is 11.6 Å². The molecular formula is C15H16ClFN2. The molecule has 100 valence electrons. The molecule has 1 N–H and O–H groups in total. The number of benzene rings is 2. The third kappa shape index (κ3) is 3.61. The van der Waals surface area contributed by atoms with Crippen molar-refractivity contribution < 1.29 is 4.39 Å². The van der Waals surface area contributed by atoms with Crippen molar-refractivity contribution in [2.24, 2.45) is 0 Å². The Morgan fingerprint density at radius 1 is 1.11 bits per heavy atom. The number of anilines is 2. The number of hydrogen-bond donors (Lipinski definition) is 1. The Hall–Kier alpha value is -1.74. The zero-order chi connectivity index (χ0) is 13.8. The van der Waals surface area contributed by atoms with Gasteiger partial charge in [-0.15, -0.1) is 0 Å². The average molecular weight is 279 g/mol. The van der Waals surface area contributed by atoms with E-state index in [1.165, 1.54) is 6.07 Å². The average Bonchev–Trinajstić information content (AvgIpc) is 2.38. The topological polar surface area (TPSA) is 15.3 Å². The van der Waals surface area contributed by atoms with E-state index in [2.05, 4.69) is 5.32 Å². The van der Waals surface area contributed by atoms with E-state index in [1.54, 1.807) is 12.1 Å². The first kappa shape index (κ1) is 13.7. The van der Waals surface area contributed by atoms with Gasteiger partial charge in [0, 0.05) is 42.6 Å². The molecule has 0 unspecified atom stereocenters. The lowest BCUT2D eigenvalue weighted by molar-refractivity contribution is 0.613. The molecule has 0 fully saturated rings. The molecule has 0 radical (unpaired) electrons. The van der Waals surface area contributed by atoms with Gasteiger partial charge in [-0.25, -0.2) is 4.39 Å². The zero-order valence-electron chi connectivity index (χ0n) is 11.0. The van der Waals surface area contributed by atoms with Crippen molar-refractivity contribution in [2.45, 2.75) is 6.54 Å². The molecule has 2 rings (SSSR count). The fraction of sp³-hybridized carbons (Fsp3) is 0.200. The number of halogens is 2. The molecule has 0 saturated heterocycles. The van der Waals surface area contributed by atoms with Crippen LogP contribution in [0.1, 0.15) is 5.56 Å². The predicted molar refractivity (Wildman–Crippen MR) is 79.5 cm³/mol. The van der Waals surface area contributed by atoms with Gasteiger partial charge in [0.25, 0.3) is 0 Å². The SMILES string of the molecule is CN(C)c1ccc(NCc2ccc(Cl)cc2F)cc1. The van der Waals surface area contributed by atoms with E-state index in [1.807, 2.05) is 43.3 Å². The highest BCUT2D eigenvalue weighted by molar-refractivity contribution is 6.30. The van der Waals surface area contributed by atoms with E-state index in [9.17, 15) is 4.39 Å². The van der Waals surface area contributed by atoms with Crippen molar-refractivity contribution in [1.29, 1.82) is 0 Å². The van der Waals surface area contributed by atoms with E-state index < -0.39 is 0 Å². The Morgan fingerprint density at radius 3 is 2.37 bits per heavy atom. The molecule has 0 aromatic heterocycles. The summed E-state index contributed by atoms with van der Waals surface area (Å²) in [5.41, 5.74) is 2.68. The molecule has 0 bridgehead atoms. The number of hydrogen-bond acceptors (Lipinski definition) is 2. The van der Waals surface area contributed by atoms with E-state index in [4.69, 9.17) is 11.6 Å². The Labute approximate surface area is 117 Å². The van der Waals surface area contributed by atoms with Gasteiger partial charge in [0.15, 0.2) is 0 Å². The van der Waals surface area contributed by atoms with Gasteiger partial charge in [-0.1, -0.05) is 17.7 Å². The molecule has 0 spiro atoms. The third-order valence-electron chi connectivity index (χ3n) is 2.88. The smallest absolute Gasteiger partial charge is 0.129 e. The van der Waals surface area contributed by atoms with Crippen molar-refractivity contribution in [3.05, 3.63) is 58.9 Å². The second kappa shape index (κ2) is 5.93. The summed E-state index contributed by atoms with van der Waals surface area (Å²) < 4.78 is 13.6. The van der Waals surface area contributed by atoms with Crippen LogP contribution in [0, 0.1) is 5.82 Å². The van der Waals surface area contributed by atoms with Crippen LogP contribution in [0.25, 0.3) is 0 Å². The minimum atomic E-state index is -0.287. The molecule has 0 aliphatic rings. The van der Waals surface area contributed by atoms with Gasteiger partial charge in [-0.2, -0.15) is 0 Å². The normalized spacial score (nSPS) is 10.3. The molecule has 0 heterocycles. The summed E-state index contributed by atoms with van der Waals surface area (Å²) in [7, 11) is 3.98. The molecule has 0 amide bonds. The molecule has 19 heavy (non-hydrogen) atoms. The summed E-state index contributed by atoms with van der Waals surface area (Å²) in [6, 6.07) is 12.7. The molecule has 0 atom stereocenters. The quantitative estimate of drug-likeness (QED) is 0.903. The monoisotopic (exact) mass is 278 g/mol. The van der Waals surface area contributed by atoms with Gasteiger partial charge in [-0.3, -0.25) is 0 Å². The molecule has 2 aromatic rings. The van der Waals surface area contributed by atoms with Gasteiger partial charge >= 0.3 is 0 Å². The van der Waals surface area contributed by atoms with Gasteiger partial charge in [0.1, 0.15) is 5.82 Å². The van der Waals surface area contributed by atoms with Crippen LogP contribution in [0.3, 0.4) is 0 Å². The highest BCUT2D eigenvalue weighted by Gasteiger charge is 2.03. The number of nitrogens with zero attached hydrogens (tertiary/aromatic N) is 1. The van der Waals surface area contributed by atoms with Crippen LogP contribution in [0.15, 0.2) is 42.5 Å². The van der Waals surface area contributed by atoms with Crippen LogP contribution in [-0.4, -0.2) is 14.1 Å². The van der Waals surface area contributed by atoms with Crippen LogP contribution in [0.4, 0.5) is 15.8 Å². The zero-order valence-corrected chi connectivity index (χ0v) is 11.7. The van der Waals surface area contributed by atoms with Crippen LogP contribution in [0.5, 0.6) is 0 Å². The lowest BCUT2D eigenvalue weighted by Crippen LogP contribution is -2.08. The van der Waals surface area contributed by atoms with Crippen molar-refractivity contribution in [3.63, 3.8) is 0 Å². The molecule has 0 saturated carbocycles. The molecular weight excluding hydrogens is 263 g/mol. The Morgan fingerprint density at radius 2 is 1.79 bits per heavy atom. The van der Waals surface area contributed by atoms with Gasteiger partial charge in [-0.05, 0) is 36.4 Å². The Balaban J connectivity index is 2.02. The largest absolute Gasteiger partial charge is 0.381 e. The first-order chi connectivity index (χ1) is 9.06.